The number of rotatable bonds is 7. The number of amides is 1. The van der Waals surface area contributed by atoms with Crippen molar-refractivity contribution in [2.45, 2.75) is 39.2 Å². The summed E-state index contributed by atoms with van der Waals surface area (Å²) in [6.45, 7) is 1.85. The number of hydrogen-bond donors (Lipinski definition) is 2. The predicted molar refractivity (Wildman–Crippen MR) is 116 cm³/mol. The van der Waals surface area contributed by atoms with Crippen LogP contribution in [-0.2, 0) is 11.4 Å². The van der Waals surface area contributed by atoms with Gasteiger partial charge in [0.2, 0.25) is 0 Å². The summed E-state index contributed by atoms with van der Waals surface area (Å²) in [4.78, 5) is 28.5. The van der Waals surface area contributed by atoms with Crippen molar-refractivity contribution in [1.29, 1.82) is 0 Å². The molecule has 0 unspecified atom stereocenters. The van der Waals surface area contributed by atoms with Crippen LogP contribution in [0.4, 0.5) is 8.78 Å². The quantitative estimate of drug-likeness (QED) is 0.557. The molecule has 7 nitrogen and oxygen atoms in total. The lowest BCUT2D eigenvalue weighted by molar-refractivity contribution is -0.143. The Morgan fingerprint density at radius 3 is 2.52 bits per heavy atom. The summed E-state index contributed by atoms with van der Waals surface area (Å²) < 4.78 is 35.1. The Hall–Kier alpha value is -3.49. The van der Waals surface area contributed by atoms with Crippen LogP contribution < -0.4 is 10.1 Å². The zero-order chi connectivity index (χ0) is 23.5. The van der Waals surface area contributed by atoms with Crippen molar-refractivity contribution in [2.75, 3.05) is 6.54 Å². The van der Waals surface area contributed by atoms with Crippen molar-refractivity contribution in [3.63, 3.8) is 0 Å². The number of halogens is 2. The zero-order valence-electron chi connectivity index (χ0n) is 18.2. The molecule has 1 fully saturated rings. The Morgan fingerprint density at radius 1 is 1.15 bits per heavy atom. The number of nitrogens with one attached hydrogen (secondary N) is 1. The molecule has 0 atom stereocenters. The summed E-state index contributed by atoms with van der Waals surface area (Å²) in [5.41, 5.74) is 1.04. The number of aromatic nitrogens is 2. The van der Waals surface area contributed by atoms with Crippen molar-refractivity contribution in [3.05, 3.63) is 65.1 Å². The molecule has 1 aliphatic rings. The Kier molecular flexibility index (Phi) is 6.57. The third-order valence-electron chi connectivity index (χ3n) is 6.18. The van der Waals surface area contributed by atoms with Gasteiger partial charge in [-0.15, -0.1) is 0 Å². The molecule has 0 bridgehead atoms. The largest absolute Gasteiger partial charge is 0.485 e. The summed E-state index contributed by atoms with van der Waals surface area (Å²) in [5.74, 6) is -2.20. The summed E-state index contributed by atoms with van der Waals surface area (Å²) in [5, 5.41) is 12.1. The topological polar surface area (TPSA) is 92.9 Å². The number of carbonyl (C=O) groups is 2. The van der Waals surface area contributed by atoms with Gasteiger partial charge in [0.1, 0.15) is 23.9 Å². The fourth-order valence-corrected chi connectivity index (χ4v) is 4.30. The average Bonchev–Trinajstić information content (AvgIpc) is 3.14. The number of hydrogen-bond acceptors (Lipinski definition) is 4. The Morgan fingerprint density at radius 2 is 1.85 bits per heavy atom. The van der Waals surface area contributed by atoms with Crippen LogP contribution in [0, 0.1) is 30.4 Å². The fourth-order valence-electron chi connectivity index (χ4n) is 4.30. The van der Waals surface area contributed by atoms with Crippen LogP contribution >= 0.6 is 0 Å². The van der Waals surface area contributed by atoms with Crippen molar-refractivity contribution in [1.82, 2.24) is 14.7 Å². The molecule has 0 saturated heterocycles. The molecular formula is C24H25F2N3O4. The zero-order valence-corrected chi connectivity index (χ0v) is 18.2. The van der Waals surface area contributed by atoms with E-state index in [4.69, 9.17) is 9.84 Å². The van der Waals surface area contributed by atoms with Gasteiger partial charge in [-0.3, -0.25) is 14.0 Å². The van der Waals surface area contributed by atoms with Crippen LogP contribution in [0.25, 0.3) is 5.65 Å². The van der Waals surface area contributed by atoms with Gasteiger partial charge in [0, 0.05) is 12.7 Å². The van der Waals surface area contributed by atoms with Crippen molar-refractivity contribution < 1.29 is 28.2 Å². The van der Waals surface area contributed by atoms with Crippen molar-refractivity contribution >= 4 is 17.5 Å². The highest BCUT2D eigenvalue weighted by Crippen LogP contribution is 2.29. The third kappa shape index (κ3) is 4.81. The van der Waals surface area contributed by atoms with E-state index >= 15 is 0 Å². The van der Waals surface area contributed by atoms with E-state index in [1.165, 1.54) is 18.2 Å². The summed E-state index contributed by atoms with van der Waals surface area (Å²) in [7, 11) is 0. The third-order valence-corrected chi connectivity index (χ3v) is 6.18. The van der Waals surface area contributed by atoms with Gasteiger partial charge < -0.3 is 15.2 Å². The molecule has 1 aromatic carbocycles. The van der Waals surface area contributed by atoms with Gasteiger partial charge in [-0.25, -0.2) is 13.8 Å². The SMILES string of the molecule is Cc1nc2c(OCc3c(F)cccc3F)cccn2c1C(=O)NCC1CCC(C(=O)O)CC1. The van der Waals surface area contributed by atoms with Gasteiger partial charge in [0.05, 0.1) is 17.2 Å². The van der Waals surface area contributed by atoms with E-state index in [2.05, 4.69) is 10.3 Å². The number of benzene rings is 1. The number of aryl methyl sites for hydroxylation is 1. The second-order valence-electron chi connectivity index (χ2n) is 8.37. The molecule has 2 heterocycles. The summed E-state index contributed by atoms with van der Waals surface area (Å²) in [6, 6.07) is 6.92. The number of imidazole rings is 1. The van der Waals surface area contributed by atoms with Crippen LogP contribution in [0.1, 0.15) is 47.4 Å². The second kappa shape index (κ2) is 9.56. The first-order valence-corrected chi connectivity index (χ1v) is 10.9. The minimum Gasteiger partial charge on any atom is -0.485 e. The Bertz CT molecular complexity index is 1170. The number of pyridine rings is 1. The normalized spacial score (nSPS) is 18.3. The number of carboxylic acid groups (broad SMARTS) is 1. The van der Waals surface area contributed by atoms with Crippen LogP contribution in [0.5, 0.6) is 5.75 Å². The molecule has 174 valence electrons. The first-order valence-electron chi connectivity index (χ1n) is 10.9. The molecule has 0 radical (unpaired) electrons. The van der Waals surface area contributed by atoms with E-state index in [-0.39, 0.29) is 29.9 Å². The number of aliphatic carboxylic acids is 1. The van der Waals surface area contributed by atoms with E-state index in [9.17, 15) is 18.4 Å². The highest BCUT2D eigenvalue weighted by atomic mass is 19.1. The van der Waals surface area contributed by atoms with E-state index in [1.807, 2.05) is 0 Å². The molecule has 0 aliphatic heterocycles. The maximum atomic E-state index is 13.9. The molecule has 1 aliphatic carbocycles. The number of carboxylic acids is 1. The standard InChI is InChI=1S/C24H25F2N3O4/c1-14-21(23(30)27-12-15-7-9-16(10-8-15)24(31)32)29-11-3-6-20(22(29)28-14)33-13-17-18(25)4-2-5-19(17)26/h2-6,11,15-16H,7-10,12-13H2,1H3,(H,27,30)(H,31,32). The number of fused-ring (bicyclic) bond motifs is 1. The predicted octanol–water partition coefficient (Wildman–Crippen LogP) is 4.12. The fraction of sp³-hybridized carbons (Fsp3) is 0.375. The minimum absolute atomic E-state index is 0.182. The highest BCUT2D eigenvalue weighted by molar-refractivity contribution is 5.95. The highest BCUT2D eigenvalue weighted by Gasteiger charge is 2.27. The molecule has 9 heteroatoms. The number of carbonyl (C=O) groups excluding carboxylic acids is 1. The van der Waals surface area contributed by atoms with Gasteiger partial charge in [0.15, 0.2) is 11.4 Å². The minimum atomic E-state index is -0.755. The maximum Gasteiger partial charge on any atom is 0.306 e. The molecule has 1 saturated carbocycles. The smallest absolute Gasteiger partial charge is 0.306 e. The number of ether oxygens (including phenoxy) is 1. The van der Waals surface area contributed by atoms with E-state index < -0.39 is 17.6 Å². The van der Waals surface area contributed by atoms with Crippen LogP contribution in [0.3, 0.4) is 0 Å². The van der Waals surface area contributed by atoms with E-state index in [0.717, 1.165) is 12.8 Å². The van der Waals surface area contributed by atoms with E-state index in [1.54, 1.807) is 29.7 Å². The van der Waals surface area contributed by atoms with Crippen LogP contribution in [0.15, 0.2) is 36.5 Å². The van der Waals surface area contributed by atoms with Gasteiger partial charge in [-0.1, -0.05) is 6.07 Å². The van der Waals surface area contributed by atoms with Gasteiger partial charge in [-0.05, 0) is 62.8 Å². The second-order valence-corrected chi connectivity index (χ2v) is 8.37. The van der Waals surface area contributed by atoms with E-state index in [0.29, 0.717) is 42.2 Å². The van der Waals surface area contributed by atoms with Gasteiger partial charge >= 0.3 is 5.97 Å². The molecule has 0 spiro atoms. The maximum absolute atomic E-state index is 13.9. The summed E-state index contributed by atoms with van der Waals surface area (Å²) in [6.07, 6.45) is 4.43. The lowest BCUT2D eigenvalue weighted by atomic mass is 9.82. The molecule has 2 aromatic heterocycles. The Balaban J connectivity index is 1.46. The lowest BCUT2D eigenvalue weighted by Gasteiger charge is -2.26. The molecule has 33 heavy (non-hydrogen) atoms. The van der Waals surface area contributed by atoms with Crippen LogP contribution in [0.2, 0.25) is 0 Å². The monoisotopic (exact) mass is 457 g/mol. The number of nitrogens with zero attached hydrogens (tertiary/aromatic N) is 2. The van der Waals surface area contributed by atoms with Gasteiger partial charge in [-0.2, -0.15) is 0 Å². The molecular weight excluding hydrogens is 432 g/mol. The Labute approximate surface area is 189 Å². The van der Waals surface area contributed by atoms with Crippen molar-refractivity contribution in [2.24, 2.45) is 11.8 Å². The molecule has 1 amide bonds. The summed E-state index contributed by atoms with van der Waals surface area (Å²) >= 11 is 0. The lowest BCUT2D eigenvalue weighted by Crippen LogP contribution is -2.33. The first kappa shape index (κ1) is 22.7. The molecule has 3 aromatic rings. The first-order chi connectivity index (χ1) is 15.8. The van der Waals surface area contributed by atoms with Crippen molar-refractivity contribution in [3.8, 4) is 5.75 Å². The molecule has 4 rings (SSSR count). The van der Waals surface area contributed by atoms with Crippen LogP contribution in [-0.4, -0.2) is 32.9 Å². The average molecular weight is 457 g/mol. The molecule has 2 N–H and O–H groups in total. The van der Waals surface area contributed by atoms with Gasteiger partial charge in [0.25, 0.3) is 5.91 Å².